The van der Waals surface area contributed by atoms with Crippen LogP contribution in [0.15, 0.2) is 48.5 Å². The van der Waals surface area contributed by atoms with Gasteiger partial charge >= 0.3 is 0 Å². The molecule has 2 aromatic carbocycles. The van der Waals surface area contributed by atoms with E-state index in [1.54, 1.807) is 0 Å². The van der Waals surface area contributed by atoms with Gasteiger partial charge in [-0.05, 0) is 23.3 Å². The van der Waals surface area contributed by atoms with Gasteiger partial charge in [-0.15, -0.1) is 0 Å². The Balaban J connectivity index is 2.30. The van der Waals surface area contributed by atoms with Gasteiger partial charge in [-0.1, -0.05) is 74.2 Å². The van der Waals surface area contributed by atoms with Crippen molar-refractivity contribution in [2.24, 2.45) is 0 Å². The summed E-state index contributed by atoms with van der Waals surface area (Å²) in [7, 11) is 0. The summed E-state index contributed by atoms with van der Waals surface area (Å²) < 4.78 is 5.75. The van der Waals surface area contributed by atoms with E-state index in [2.05, 4.69) is 35.1 Å². The highest BCUT2D eigenvalue weighted by atomic mass is 32.1. The minimum atomic E-state index is 0.980. The van der Waals surface area contributed by atoms with Crippen molar-refractivity contribution in [3.63, 3.8) is 0 Å². The van der Waals surface area contributed by atoms with Crippen molar-refractivity contribution in [1.82, 2.24) is 0 Å². The van der Waals surface area contributed by atoms with Crippen molar-refractivity contribution in [3.05, 3.63) is 59.7 Å². The van der Waals surface area contributed by atoms with E-state index in [0.29, 0.717) is 0 Å². The monoisotopic (exact) mass is 274 g/mol. The summed E-state index contributed by atoms with van der Waals surface area (Å²) in [4.78, 5) is 0. The van der Waals surface area contributed by atoms with Gasteiger partial charge in [0, 0.05) is 0 Å². The first-order valence-corrected chi connectivity index (χ1v) is 6.41. The van der Waals surface area contributed by atoms with Gasteiger partial charge in [-0.25, -0.2) is 0 Å². The fraction of sp³-hybridized carbons (Fsp3) is 0. The second-order valence-electron chi connectivity index (χ2n) is 3.73. The maximum atomic E-state index is 4.09. The molecule has 0 saturated heterocycles. The maximum absolute atomic E-state index is 4.09. The largest absolute Gasteiger partial charge is 0.332 e. The molecule has 2 rings (SSSR count). The molecule has 0 aliphatic carbocycles. The van der Waals surface area contributed by atoms with Crippen molar-refractivity contribution in [2.45, 2.75) is 0 Å². The lowest BCUT2D eigenvalue weighted by atomic mass is 10.1. The van der Waals surface area contributed by atoms with E-state index < -0.39 is 0 Å². The Labute approximate surface area is 118 Å². The Kier molecular flexibility index (Phi) is 4.61. The molecule has 0 bridgehead atoms. The summed E-state index contributed by atoms with van der Waals surface area (Å²) in [5.74, 6) is 0. The van der Waals surface area contributed by atoms with Gasteiger partial charge in [-0.3, -0.25) is 0 Å². The minimum Gasteiger partial charge on any atom is -0.332 e. The molecule has 0 heterocycles. The van der Waals surface area contributed by atoms with Gasteiger partial charge in [-0.2, -0.15) is 0 Å². The van der Waals surface area contributed by atoms with Crippen molar-refractivity contribution in [1.29, 1.82) is 0 Å². The molecule has 0 fully saturated rings. The van der Waals surface area contributed by atoms with Crippen LogP contribution in [-0.2, 0) is 0 Å². The van der Waals surface area contributed by atoms with Crippen LogP contribution in [0.1, 0.15) is 11.1 Å². The molecule has 0 atom stereocenters. The number of anilines is 2. The number of rotatable bonds is 4. The highest BCUT2D eigenvalue weighted by Crippen LogP contribution is 2.22. The smallest absolute Gasteiger partial charge is 0.0511 e. The third-order valence-electron chi connectivity index (χ3n) is 2.60. The molecule has 2 aromatic rings. The van der Waals surface area contributed by atoms with Gasteiger partial charge in [0.15, 0.2) is 0 Å². The van der Waals surface area contributed by atoms with Crippen LogP contribution in [-0.4, -0.2) is 0 Å². The molecule has 0 aliphatic rings. The quantitative estimate of drug-likeness (QED) is 0.491. The summed E-state index contributed by atoms with van der Waals surface area (Å²) in [5, 5.41) is 0. The molecular weight excluding hydrogens is 260 g/mol. The first kappa shape index (κ1) is 12.9. The third-order valence-corrected chi connectivity index (χ3v) is 3.09. The first-order chi connectivity index (χ1) is 8.85. The zero-order chi connectivity index (χ0) is 12.8. The summed E-state index contributed by atoms with van der Waals surface area (Å²) >= 11 is 8.18. The molecule has 0 aliphatic heterocycles. The highest BCUT2D eigenvalue weighted by molar-refractivity contribution is 7.81. The molecule has 2 N–H and O–H groups in total. The molecule has 0 aromatic heterocycles. The van der Waals surface area contributed by atoms with E-state index >= 15 is 0 Å². The molecule has 0 unspecified atom stereocenters. The number of para-hydroxylation sites is 2. The van der Waals surface area contributed by atoms with Gasteiger partial charge < -0.3 is 9.44 Å². The van der Waals surface area contributed by atoms with E-state index in [1.165, 1.54) is 0 Å². The third kappa shape index (κ3) is 3.03. The van der Waals surface area contributed by atoms with Gasteiger partial charge in [0.1, 0.15) is 0 Å². The molecule has 4 heteroatoms. The van der Waals surface area contributed by atoms with Crippen LogP contribution in [0.2, 0.25) is 0 Å². The highest BCUT2D eigenvalue weighted by Gasteiger charge is 1.97. The van der Waals surface area contributed by atoms with Crippen LogP contribution in [0, 0.1) is 0 Å². The molecule has 0 radical (unpaired) electrons. The molecular formula is C14H14N2S2. The lowest BCUT2D eigenvalue weighted by Gasteiger charge is -2.05. The zero-order valence-electron chi connectivity index (χ0n) is 9.67. The maximum Gasteiger partial charge on any atom is 0.0511 e. The van der Waals surface area contributed by atoms with Crippen molar-refractivity contribution < 1.29 is 0 Å². The Morgan fingerprint density at radius 3 is 1.44 bits per heavy atom. The summed E-state index contributed by atoms with van der Waals surface area (Å²) in [6.07, 6.45) is 4.09. The van der Waals surface area contributed by atoms with E-state index in [9.17, 15) is 0 Å². The van der Waals surface area contributed by atoms with Crippen LogP contribution < -0.4 is 9.44 Å². The zero-order valence-corrected chi connectivity index (χ0v) is 11.5. The Morgan fingerprint density at radius 2 is 1.06 bits per heavy atom. The fourth-order valence-corrected chi connectivity index (χ4v) is 2.08. The number of nitrogens with one attached hydrogen (secondary N) is 2. The fourth-order valence-electron chi connectivity index (χ4n) is 1.67. The lowest BCUT2D eigenvalue weighted by Crippen LogP contribution is -1.86. The summed E-state index contributed by atoms with van der Waals surface area (Å²) in [5.41, 5.74) is 4.13. The van der Waals surface area contributed by atoms with Crippen molar-refractivity contribution in [3.8, 4) is 0 Å². The van der Waals surface area contributed by atoms with Crippen molar-refractivity contribution in [2.75, 3.05) is 9.44 Å². The van der Waals surface area contributed by atoms with Crippen LogP contribution >= 0.6 is 25.6 Å². The van der Waals surface area contributed by atoms with Gasteiger partial charge in [0.2, 0.25) is 0 Å². The average molecular weight is 274 g/mol. The van der Waals surface area contributed by atoms with E-state index in [-0.39, 0.29) is 0 Å². The average Bonchev–Trinajstić information content (AvgIpc) is 2.45. The molecule has 0 saturated carbocycles. The SMILES string of the molecule is SNc1ccccc1C=Cc1ccccc1NS. The minimum absolute atomic E-state index is 0.980. The summed E-state index contributed by atoms with van der Waals surface area (Å²) in [6.45, 7) is 0. The van der Waals surface area contributed by atoms with Crippen LogP contribution in [0.3, 0.4) is 0 Å². The van der Waals surface area contributed by atoms with E-state index in [1.807, 2.05) is 60.7 Å². The predicted octanol–water partition coefficient (Wildman–Crippen LogP) is 4.37. The van der Waals surface area contributed by atoms with Crippen molar-refractivity contribution >= 4 is 49.2 Å². The lowest BCUT2D eigenvalue weighted by molar-refractivity contribution is 1.63. The number of benzene rings is 2. The standard InChI is InChI=1S/C14H14N2S2/c17-15-13-7-3-1-5-11(13)9-10-12-6-2-4-8-14(12)16-18/h1-10,15-18H. The van der Waals surface area contributed by atoms with Crippen LogP contribution in [0.5, 0.6) is 0 Å². The Hall–Kier alpha value is -1.52. The molecule has 92 valence electrons. The number of hydrogen-bond acceptors (Lipinski definition) is 4. The normalized spacial score (nSPS) is 10.6. The molecule has 0 amide bonds. The summed E-state index contributed by atoms with van der Waals surface area (Å²) in [6, 6.07) is 16.0. The molecule has 18 heavy (non-hydrogen) atoms. The number of thiol groups is 2. The Morgan fingerprint density at radius 1 is 0.667 bits per heavy atom. The Bertz CT molecular complexity index is 503. The molecule has 0 spiro atoms. The topological polar surface area (TPSA) is 24.1 Å². The first-order valence-electron chi connectivity index (χ1n) is 5.51. The second kappa shape index (κ2) is 6.42. The number of hydrogen-bond donors (Lipinski definition) is 4. The predicted molar refractivity (Wildman–Crippen MR) is 87.0 cm³/mol. The van der Waals surface area contributed by atoms with Crippen LogP contribution in [0.4, 0.5) is 11.4 Å². The van der Waals surface area contributed by atoms with E-state index in [4.69, 9.17) is 0 Å². The van der Waals surface area contributed by atoms with Gasteiger partial charge in [0.25, 0.3) is 0 Å². The van der Waals surface area contributed by atoms with Gasteiger partial charge in [0.05, 0.1) is 11.4 Å². The molecule has 2 nitrogen and oxygen atoms in total. The van der Waals surface area contributed by atoms with E-state index in [0.717, 1.165) is 22.5 Å². The van der Waals surface area contributed by atoms with Crippen LogP contribution in [0.25, 0.3) is 12.2 Å². The second-order valence-corrected chi connectivity index (χ2v) is 4.18.